The highest BCUT2D eigenvalue weighted by atomic mass is 16.1. The molecule has 1 aromatic carbocycles. The second kappa shape index (κ2) is 6.39. The summed E-state index contributed by atoms with van der Waals surface area (Å²) in [4.78, 5) is 24.0. The quantitative estimate of drug-likeness (QED) is 0.756. The molecule has 0 unspecified atom stereocenters. The highest BCUT2D eigenvalue weighted by Crippen LogP contribution is 2.14. The lowest BCUT2D eigenvalue weighted by Crippen LogP contribution is -2.21. The molecule has 23 heavy (non-hydrogen) atoms. The predicted octanol–water partition coefficient (Wildman–Crippen LogP) is 0.944. The second-order valence-corrected chi connectivity index (χ2v) is 5.17. The number of aryl methyl sites for hydroxylation is 2. The zero-order valence-corrected chi connectivity index (χ0v) is 12.6. The Morgan fingerprint density at radius 1 is 1.35 bits per heavy atom. The third-order valence-electron chi connectivity index (χ3n) is 3.44. The Hall–Kier alpha value is -3.03. The Morgan fingerprint density at radius 2 is 2.22 bits per heavy atom. The molecular weight excluding hydrogens is 296 g/mol. The van der Waals surface area contributed by atoms with E-state index in [0.717, 1.165) is 4.68 Å². The van der Waals surface area contributed by atoms with Crippen LogP contribution in [0, 0.1) is 0 Å². The molecule has 0 fully saturated rings. The topological polar surface area (TPSA) is 94.7 Å². The fourth-order valence-corrected chi connectivity index (χ4v) is 2.26. The van der Waals surface area contributed by atoms with Crippen LogP contribution in [0.3, 0.4) is 0 Å². The average Bonchev–Trinajstić information content (AvgIpc) is 3.05. The summed E-state index contributed by atoms with van der Waals surface area (Å²) in [6.07, 6.45) is 4.63. The van der Waals surface area contributed by atoms with Crippen LogP contribution in [0.15, 0.2) is 41.5 Å². The number of benzene rings is 1. The lowest BCUT2D eigenvalue weighted by atomic mass is 10.2. The number of hydrogen-bond donors (Lipinski definition) is 1. The van der Waals surface area contributed by atoms with Gasteiger partial charge in [-0.15, -0.1) is 5.10 Å². The minimum absolute atomic E-state index is 0.102. The third-order valence-corrected chi connectivity index (χ3v) is 3.44. The lowest BCUT2D eigenvalue weighted by Gasteiger charge is -2.06. The van der Waals surface area contributed by atoms with Crippen molar-refractivity contribution in [3.8, 4) is 0 Å². The Kier molecular flexibility index (Phi) is 4.13. The first-order chi connectivity index (χ1) is 11.1. The number of nitrogens with zero attached hydrogens (tertiary/aromatic N) is 5. The summed E-state index contributed by atoms with van der Waals surface area (Å²) in [5.74, 6) is -0.102. The zero-order valence-electron chi connectivity index (χ0n) is 12.6. The van der Waals surface area contributed by atoms with E-state index in [9.17, 15) is 9.59 Å². The van der Waals surface area contributed by atoms with Crippen LogP contribution in [0.4, 0.5) is 5.69 Å². The summed E-state index contributed by atoms with van der Waals surface area (Å²) in [5, 5.41) is 15.0. The zero-order chi connectivity index (χ0) is 16.2. The molecule has 2 aromatic heterocycles. The molecular formula is C15H16N6O2. The number of nitrogens with one attached hydrogen (secondary N) is 1. The van der Waals surface area contributed by atoms with E-state index < -0.39 is 0 Å². The first kappa shape index (κ1) is 14.9. The Labute approximate surface area is 131 Å². The molecule has 0 aliphatic heterocycles. The normalized spacial score (nSPS) is 10.8. The van der Waals surface area contributed by atoms with Crippen LogP contribution in [0.1, 0.15) is 12.8 Å². The summed E-state index contributed by atoms with van der Waals surface area (Å²) in [5.41, 5.74) is 0.834. The molecule has 8 heteroatoms. The van der Waals surface area contributed by atoms with Gasteiger partial charge in [0.05, 0.1) is 5.39 Å². The summed E-state index contributed by atoms with van der Waals surface area (Å²) in [6, 6.07) is 6.85. The van der Waals surface area contributed by atoms with Crippen molar-refractivity contribution in [3.05, 3.63) is 47.0 Å². The monoisotopic (exact) mass is 312 g/mol. The van der Waals surface area contributed by atoms with E-state index in [-0.39, 0.29) is 11.5 Å². The number of aromatic nitrogens is 5. The molecule has 0 saturated heterocycles. The van der Waals surface area contributed by atoms with Gasteiger partial charge in [-0.3, -0.25) is 14.3 Å². The predicted molar refractivity (Wildman–Crippen MR) is 84.9 cm³/mol. The summed E-state index contributed by atoms with van der Waals surface area (Å²) in [6.45, 7) is 0.689. The maximum absolute atomic E-state index is 12.0. The van der Waals surface area contributed by atoms with E-state index in [1.54, 1.807) is 29.1 Å². The van der Waals surface area contributed by atoms with Crippen molar-refractivity contribution in [3.63, 3.8) is 0 Å². The van der Waals surface area contributed by atoms with Gasteiger partial charge in [-0.25, -0.2) is 4.68 Å². The van der Waals surface area contributed by atoms with Crippen molar-refractivity contribution in [2.75, 3.05) is 5.32 Å². The molecule has 0 atom stereocenters. The number of anilines is 1. The first-order valence-electron chi connectivity index (χ1n) is 7.24. The van der Waals surface area contributed by atoms with Crippen LogP contribution >= 0.6 is 0 Å². The second-order valence-electron chi connectivity index (χ2n) is 5.17. The molecule has 0 bridgehead atoms. The number of carbonyl (C=O) groups is 1. The number of rotatable bonds is 5. The van der Waals surface area contributed by atoms with E-state index in [4.69, 9.17) is 0 Å². The minimum atomic E-state index is -0.246. The molecule has 2 heterocycles. The van der Waals surface area contributed by atoms with Gasteiger partial charge in [0.2, 0.25) is 5.91 Å². The molecule has 118 valence electrons. The highest BCUT2D eigenvalue weighted by molar-refractivity contribution is 5.93. The van der Waals surface area contributed by atoms with E-state index in [2.05, 4.69) is 20.7 Å². The van der Waals surface area contributed by atoms with E-state index >= 15 is 0 Å². The number of carbonyl (C=O) groups excluding carboxylic acids is 1. The highest BCUT2D eigenvalue weighted by Gasteiger charge is 2.07. The fourth-order valence-electron chi connectivity index (χ4n) is 2.26. The van der Waals surface area contributed by atoms with Crippen LogP contribution in [-0.4, -0.2) is 30.7 Å². The molecule has 0 saturated carbocycles. The Bertz CT molecular complexity index is 885. The number of fused-ring (bicyclic) bond motifs is 1. The molecule has 0 spiro atoms. The van der Waals surface area contributed by atoms with Gasteiger partial charge in [-0.05, 0) is 30.7 Å². The fraction of sp³-hybridized carbons (Fsp3) is 0.267. The van der Waals surface area contributed by atoms with Gasteiger partial charge in [0, 0.05) is 38.1 Å². The van der Waals surface area contributed by atoms with Gasteiger partial charge >= 0.3 is 0 Å². The minimum Gasteiger partial charge on any atom is -0.326 e. The molecule has 3 rings (SSSR count). The maximum Gasteiger partial charge on any atom is 0.277 e. The lowest BCUT2D eigenvalue weighted by molar-refractivity contribution is -0.116. The van der Waals surface area contributed by atoms with Crippen molar-refractivity contribution in [1.29, 1.82) is 0 Å². The van der Waals surface area contributed by atoms with Crippen molar-refractivity contribution in [2.45, 2.75) is 19.4 Å². The Morgan fingerprint density at radius 3 is 3.00 bits per heavy atom. The summed E-state index contributed by atoms with van der Waals surface area (Å²) < 4.78 is 2.95. The van der Waals surface area contributed by atoms with Crippen LogP contribution in [0.5, 0.6) is 0 Å². The number of amides is 1. The molecule has 0 aliphatic rings. The van der Waals surface area contributed by atoms with Gasteiger partial charge in [0.1, 0.15) is 5.52 Å². The van der Waals surface area contributed by atoms with Gasteiger partial charge in [0.15, 0.2) is 0 Å². The first-order valence-corrected chi connectivity index (χ1v) is 7.24. The molecule has 8 nitrogen and oxygen atoms in total. The van der Waals surface area contributed by atoms with E-state index in [1.165, 1.54) is 7.05 Å². The van der Waals surface area contributed by atoms with Crippen LogP contribution in [-0.2, 0) is 18.4 Å². The van der Waals surface area contributed by atoms with Gasteiger partial charge in [-0.1, -0.05) is 5.21 Å². The van der Waals surface area contributed by atoms with Crippen molar-refractivity contribution in [1.82, 2.24) is 24.8 Å². The standard InChI is InChI=1S/C15H16N6O2/c1-20-15(23)12-10-11(5-6-13(12)18-19-20)17-14(22)4-2-8-21-9-3-7-16-21/h3,5-7,9-10H,2,4,8H2,1H3,(H,17,22). The summed E-state index contributed by atoms with van der Waals surface area (Å²) >= 11 is 0. The van der Waals surface area contributed by atoms with Crippen molar-refractivity contribution >= 4 is 22.5 Å². The molecule has 1 N–H and O–H groups in total. The molecule has 3 aromatic rings. The third kappa shape index (κ3) is 3.42. The van der Waals surface area contributed by atoms with Crippen molar-refractivity contribution in [2.24, 2.45) is 7.05 Å². The average molecular weight is 312 g/mol. The largest absolute Gasteiger partial charge is 0.326 e. The van der Waals surface area contributed by atoms with Gasteiger partial charge in [-0.2, -0.15) is 5.10 Å². The van der Waals surface area contributed by atoms with E-state index in [0.29, 0.717) is 36.0 Å². The SMILES string of the molecule is Cn1nnc2ccc(NC(=O)CCCn3cccn3)cc2c1=O. The van der Waals surface area contributed by atoms with E-state index in [1.807, 2.05) is 12.3 Å². The Balaban J connectivity index is 1.65. The molecule has 1 amide bonds. The maximum atomic E-state index is 12.0. The van der Waals surface area contributed by atoms with Crippen LogP contribution in [0.25, 0.3) is 10.9 Å². The molecule has 0 radical (unpaired) electrons. The van der Waals surface area contributed by atoms with Crippen molar-refractivity contribution < 1.29 is 4.79 Å². The number of hydrogen-bond acceptors (Lipinski definition) is 5. The summed E-state index contributed by atoms with van der Waals surface area (Å²) in [7, 11) is 1.54. The van der Waals surface area contributed by atoms with Gasteiger partial charge in [0.25, 0.3) is 5.56 Å². The van der Waals surface area contributed by atoms with Gasteiger partial charge < -0.3 is 5.32 Å². The van der Waals surface area contributed by atoms with Crippen LogP contribution < -0.4 is 10.9 Å². The van der Waals surface area contributed by atoms with Crippen LogP contribution in [0.2, 0.25) is 0 Å². The smallest absolute Gasteiger partial charge is 0.277 e. The molecule has 0 aliphatic carbocycles.